The molecule has 2 fully saturated rings. The van der Waals surface area contributed by atoms with Gasteiger partial charge in [0.15, 0.2) is 0 Å². The fraction of sp³-hybridized carbons (Fsp3) is 0.444. The number of benzene rings is 2. The summed E-state index contributed by atoms with van der Waals surface area (Å²) in [6, 6.07) is 16.5. The number of ether oxygens (including phenoxy) is 1. The van der Waals surface area contributed by atoms with Crippen LogP contribution < -0.4 is 5.32 Å². The second-order valence-corrected chi connectivity index (χ2v) is 9.78. The van der Waals surface area contributed by atoms with Crippen LogP contribution >= 0.6 is 0 Å². The molecule has 1 aliphatic heterocycles. The van der Waals surface area contributed by atoms with Crippen LogP contribution in [0, 0.1) is 17.8 Å². The van der Waals surface area contributed by atoms with Crippen LogP contribution in [0.15, 0.2) is 48.5 Å². The molecule has 2 aromatic carbocycles. The van der Waals surface area contributed by atoms with Crippen molar-refractivity contribution in [2.75, 3.05) is 26.2 Å². The van der Waals surface area contributed by atoms with Crippen molar-refractivity contribution in [3.05, 3.63) is 59.7 Å². The molecule has 0 spiro atoms. The first kappa shape index (κ1) is 22.4. The van der Waals surface area contributed by atoms with Gasteiger partial charge in [-0.25, -0.2) is 4.79 Å². The third kappa shape index (κ3) is 4.52. The molecular weight excluding hydrogens is 432 g/mol. The van der Waals surface area contributed by atoms with Crippen LogP contribution in [0.2, 0.25) is 0 Å². The number of rotatable bonds is 7. The van der Waals surface area contributed by atoms with Gasteiger partial charge in [0.2, 0.25) is 5.91 Å². The molecule has 178 valence electrons. The fourth-order valence-electron chi connectivity index (χ4n) is 5.65. The first-order valence-electron chi connectivity index (χ1n) is 12.1. The number of carboxylic acids is 1. The zero-order valence-corrected chi connectivity index (χ0v) is 19.1. The monoisotopic (exact) mass is 462 g/mol. The summed E-state index contributed by atoms with van der Waals surface area (Å²) in [5.41, 5.74) is 4.79. The van der Waals surface area contributed by atoms with E-state index in [0.29, 0.717) is 50.9 Å². The smallest absolute Gasteiger partial charge is 0.407 e. The van der Waals surface area contributed by atoms with Crippen LogP contribution in [0.3, 0.4) is 0 Å². The van der Waals surface area contributed by atoms with E-state index in [0.717, 1.165) is 12.8 Å². The van der Waals surface area contributed by atoms with Crippen molar-refractivity contribution in [3.63, 3.8) is 0 Å². The molecule has 2 N–H and O–H groups in total. The van der Waals surface area contributed by atoms with Gasteiger partial charge in [0, 0.05) is 32.0 Å². The molecule has 0 bridgehead atoms. The lowest BCUT2D eigenvalue weighted by Gasteiger charge is -2.35. The lowest BCUT2D eigenvalue weighted by molar-refractivity contribution is -0.141. The zero-order chi connectivity index (χ0) is 23.7. The molecule has 5 rings (SSSR count). The molecule has 1 heterocycles. The molecule has 1 saturated heterocycles. The van der Waals surface area contributed by atoms with Crippen LogP contribution in [0.4, 0.5) is 4.79 Å². The lowest BCUT2D eigenvalue weighted by Crippen LogP contribution is -2.39. The molecule has 1 saturated carbocycles. The topological polar surface area (TPSA) is 95.9 Å². The Bertz CT molecular complexity index is 1050. The first-order chi connectivity index (χ1) is 16.5. The highest BCUT2D eigenvalue weighted by atomic mass is 16.5. The van der Waals surface area contributed by atoms with E-state index < -0.39 is 18.0 Å². The highest BCUT2D eigenvalue weighted by molar-refractivity contribution is 5.80. The van der Waals surface area contributed by atoms with Gasteiger partial charge >= 0.3 is 12.1 Å². The van der Waals surface area contributed by atoms with Crippen molar-refractivity contribution in [1.82, 2.24) is 10.2 Å². The average molecular weight is 463 g/mol. The van der Waals surface area contributed by atoms with Crippen molar-refractivity contribution < 1.29 is 24.2 Å². The van der Waals surface area contributed by atoms with E-state index in [1.54, 1.807) is 4.90 Å². The number of fused-ring (bicyclic) bond motifs is 3. The van der Waals surface area contributed by atoms with Crippen molar-refractivity contribution >= 4 is 18.0 Å². The van der Waals surface area contributed by atoms with E-state index in [1.807, 2.05) is 24.3 Å². The highest BCUT2D eigenvalue weighted by Gasteiger charge is 2.35. The summed E-state index contributed by atoms with van der Waals surface area (Å²) < 4.78 is 5.59. The van der Waals surface area contributed by atoms with Crippen LogP contribution in [-0.4, -0.2) is 54.2 Å². The maximum Gasteiger partial charge on any atom is 0.407 e. The van der Waals surface area contributed by atoms with Crippen LogP contribution in [0.5, 0.6) is 0 Å². The van der Waals surface area contributed by atoms with Crippen molar-refractivity contribution in [2.24, 2.45) is 17.8 Å². The largest absolute Gasteiger partial charge is 0.481 e. The van der Waals surface area contributed by atoms with Gasteiger partial charge in [-0.3, -0.25) is 9.59 Å². The second kappa shape index (κ2) is 9.49. The summed E-state index contributed by atoms with van der Waals surface area (Å²) >= 11 is 0. The minimum Gasteiger partial charge on any atom is -0.481 e. The lowest BCUT2D eigenvalue weighted by atomic mass is 9.73. The van der Waals surface area contributed by atoms with Gasteiger partial charge in [0.05, 0.1) is 5.92 Å². The number of aliphatic carboxylic acids is 1. The Labute approximate surface area is 199 Å². The predicted molar refractivity (Wildman–Crippen MR) is 126 cm³/mol. The Morgan fingerprint density at radius 1 is 0.971 bits per heavy atom. The number of nitrogens with one attached hydrogen (secondary N) is 1. The Kier molecular flexibility index (Phi) is 6.26. The highest BCUT2D eigenvalue weighted by Crippen LogP contribution is 2.44. The van der Waals surface area contributed by atoms with Gasteiger partial charge in [-0.05, 0) is 53.4 Å². The van der Waals surface area contributed by atoms with Gasteiger partial charge in [-0.2, -0.15) is 0 Å². The standard InChI is InChI=1S/C27H30N2O5/c30-25(29-10-9-19(15-29)26(31)32)13-17-11-18(12-17)14-28-27(33)34-16-24-22-7-3-1-5-20(22)21-6-2-4-8-23(21)24/h1-8,17-19,24H,9-16H2,(H,28,33)(H,31,32). The summed E-state index contributed by atoms with van der Waals surface area (Å²) in [5, 5.41) is 12.0. The number of hydrogen-bond donors (Lipinski definition) is 2. The molecule has 34 heavy (non-hydrogen) atoms. The summed E-state index contributed by atoms with van der Waals surface area (Å²) in [6.07, 6.45) is 2.39. The maximum absolute atomic E-state index is 12.4. The number of carbonyl (C=O) groups excluding carboxylic acids is 2. The number of carbonyl (C=O) groups is 3. The molecule has 7 heteroatoms. The van der Waals surface area contributed by atoms with E-state index >= 15 is 0 Å². The zero-order valence-electron chi connectivity index (χ0n) is 19.1. The number of alkyl carbamates (subject to hydrolysis) is 1. The van der Waals surface area contributed by atoms with Crippen molar-refractivity contribution in [1.29, 1.82) is 0 Å². The predicted octanol–water partition coefficient (Wildman–Crippen LogP) is 3.87. The molecule has 1 unspecified atom stereocenters. The normalized spacial score (nSPS) is 23.1. The Morgan fingerprint density at radius 2 is 1.62 bits per heavy atom. The molecule has 2 aromatic rings. The third-order valence-electron chi connectivity index (χ3n) is 7.57. The first-order valence-corrected chi connectivity index (χ1v) is 12.1. The SMILES string of the molecule is O=C(NCC1CC(CC(=O)N2CCC(C(=O)O)C2)C1)OCC1c2ccccc2-c2ccccc21. The Hall–Kier alpha value is -3.35. The molecule has 2 amide bonds. The molecule has 1 atom stereocenters. The van der Waals surface area contributed by atoms with E-state index in [9.17, 15) is 14.4 Å². The number of likely N-dealkylation sites (tertiary alicyclic amines) is 1. The fourth-order valence-corrected chi connectivity index (χ4v) is 5.65. The Morgan fingerprint density at radius 3 is 2.24 bits per heavy atom. The average Bonchev–Trinajstić information content (AvgIpc) is 3.43. The number of carboxylic acid groups (broad SMARTS) is 1. The minimum atomic E-state index is -0.821. The number of nitrogens with zero attached hydrogens (tertiary/aromatic N) is 1. The maximum atomic E-state index is 12.4. The molecule has 2 aliphatic carbocycles. The van der Waals surface area contributed by atoms with Gasteiger partial charge in [-0.15, -0.1) is 0 Å². The minimum absolute atomic E-state index is 0.0450. The van der Waals surface area contributed by atoms with Gasteiger partial charge in [-0.1, -0.05) is 48.5 Å². The number of amides is 2. The Balaban J connectivity index is 1.03. The van der Waals surface area contributed by atoms with Crippen molar-refractivity contribution in [2.45, 2.75) is 31.6 Å². The quantitative estimate of drug-likeness (QED) is 0.651. The van der Waals surface area contributed by atoms with E-state index in [2.05, 4.69) is 29.6 Å². The third-order valence-corrected chi connectivity index (χ3v) is 7.57. The molecular formula is C27H30N2O5. The van der Waals surface area contributed by atoms with Gasteiger partial charge in [0.25, 0.3) is 0 Å². The van der Waals surface area contributed by atoms with Crippen molar-refractivity contribution in [3.8, 4) is 11.1 Å². The summed E-state index contributed by atoms with van der Waals surface area (Å²) in [6.45, 7) is 1.71. The molecule has 0 radical (unpaired) electrons. The number of hydrogen-bond acceptors (Lipinski definition) is 4. The molecule has 7 nitrogen and oxygen atoms in total. The molecule has 3 aliphatic rings. The second-order valence-electron chi connectivity index (χ2n) is 9.78. The summed E-state index contributed by atoms with van der Waals surface area (Å²) in [7, 11) is 0. The van der Waals surface area contributed by atoms with Crippen LogP contribution in [0.1, 0.15) is 42.7 Å². The van der Waals surface area contributed by atoms with E-state index in [4.69, 9.17) is 9.84 Å². The van der Waals surface area contributed by atoms with E-state index in [-0.39, 0.29) is 11.8 Å². The van der Waals surface area contributed by atoms with Crippen LogP contribution in [-0.2, 0) is 14.3 Å². The van der Waals surface area contributed by atoms with Gasteiger partial charge in [0.1, 0.15) is 6.61 Å². The summed E-state index contributed by atoms with van der Waals surface area (Å²) in [5.74, 6) is -0.493. The van der Waals surface area contributed by atoms with Crippen LogP contribution in [0.25, 0.3) is 11.1 Å². The summed E-state index contributed by atoms with van der Waals surface area (Å²) in [4.78, 5) is 37.5. The van der Waals surface area contributed by atoms with Gasteiger partial charge < -0.3 is 20.1 Å². The van der Waals surface area contributed by atoms with E-state index in [1.165, 1.54) is 22.3 Å². The molecule has 0 aromatic heterocycles.